The van der Waals surface area contributed by atoms with Gasteiger partial charge >= 0.3 is 12.2 Å². The summed E-state index contributed by atoms with van der Waals surface area (Å²) in [4.78, 5) is 13.0. The summed E-state index contributed by atoms with van der Waals surface area (Å²) in [6.45, 7) is -0.0111. The van der Waals surface area contributed by atoms with Crippen molar-refractivity contribution in [3.63, 3.8) is 0 Å². The van der Waals surface area contributed by atoms with Gasteiger partial charge in [0.05, 0.1) is 17.8 Å². The molecule has 0 spiro atoms. The van der Waals surface area contributed by atoms with E-state index in [1.165, 1.54) is 11.0 Å². The third-order valence-corrected chi connectivity index (χ3v) is 3.59. The Morgan fingerprint density at radius 1 is 1.30 bits per heavy atom. The molecule has 2 amide bonds. The summed E-state index contributed by atoms with van der Waals surface area (Å²) < 4.78 is 37.1. The zero-order valence-electron chi connectivity index (χ0n) is 11.9. The van der Waals surface area contributed by atoms with Crippen molar-refractivity contribution in [2.45, 2.75) is 12.6 Å². The fraction of sp³-hybridized carbons (Fsp3) is 0.357. The van der Waals surface area contributed by atoms with Crippen LogP contribution in [0, 0.1) is 11.8 Å². The van der Waals surface area contributed by atoms with E-state index in [1.807, 2.05) is 18.2 Å². The van der Waals surface area contributed by atoms with Crippen LogP contribution >= 0.6 is 0 Å². The second kappa shape index (κ2) is 5.90. The Labute approximate surface area is 129 Å². The molecular weight excluding hydrogens is 311 g/mol. The van der Waals surface area contributed by atoms with E-state index in [0.29, 0.717) is 0 Å². The van der Waals surface area contributed by atoms with Crippen LogP contribution in [0.3, 0.4) is 0 Å². The van der Waals surface area contributed by atoms with E-state index in [1.54, 1.807) is 12.1 Å². The number of amides is 2. The van der Waals surface area contributed by atoms with Crippen molar-refractivity contribution in [2.24, 2.45) is 11.8 Å². The Balaban J connectivity index is 1.49. The molecule has 0 unspecified atom stereocenters. The Kier molecular flexibility index (Phi) is 3.93. The van der Waals surface area contributed by atoms with Gasteiger partial charge in [0.25, 0.3) is 0 Å². The van der Waals surface area contributed by atoms with Gasteiger partial charge in [0.1, 0.15) is 0 Å². The maximum Gasteiger partial charge on any atom is 0.392 e. The zero-order chi connectivity index (χ0) is 16.4. The van der Waals surface area contributed by atoms with Crippen molar-refractivity contribution >= 4 is 11.8 Å². The number of carbonyl (C=O) groups excluding carboxylic acids is 1. The van der Waals surface area contributed by atoms with E-state index >= 15 is 0 Å². The van der Waals surface area contributed by atoms with Gasteiger partial charge in [-0.3, -0.25) is 5.32 Å². The lowest BCUT2D eigenvalue weighted by atomic mass is 10.3. The Bertz CT molecular complexity index is 685. The standard InChI is InChI=1S/C14H14F3N5O/c15-14(16,17)11-6-9(11)7-18-13(23)20-12-8-19-22(21-12)10-4-2-1-3-5-10/h1-5,8-9,11H,6-7H2,(H2,18,20,21,23)/t9-,11+/m0/s1. The number of aromatic nitrogens is 3. The zero-order valence-corrected chi connectivity index (χ0v) is 11.9. The first-order valence-corrected chi connectivity index (χ1v) is 7.03. The number of benzene rings is 1. The number of alkyl halides is 3. The normalized spacial score (nSPS) is 20.1. The number of hydrogen-bond acceptors (Lipinski definition) is 3. The van der Waals surface area contributed by atoms with Gasteiger partial charge in [-0.1, -0.05) is 18.2 Å². The van der Waals surface area contributed by atoms with Crippen LogP contribution in [0.15, 0.2) is 36.5 Å². The molecule has 23 heavy (non-hydrogen) atoms. The van der Waals surface area contributed by atoms with E-state index < -0.39 is 24.0 Å². The highest BCUT2D eigenvalue weighted by Crippen LogP contribution is 2.49. The van der Waals surface area contributed by atoms with Crippen molar-refractivity contribution in [1.82, 2.24) is 20.3 Å². The highest BCUT2D eigenvalue weighted by molar-refractivity contribution is 5.87. The molecule has 2 atom stereocenters. The topological polar surface area (TPSA) is 71.8 Å². The van der Waals surface area contributed by atoms with E-state index in [0.717, 1.165) is 5.69 Å². The average Bonchev–Trinajstić information content (AvgIpc) is 3.18. The molecule has 122 valence electrons. The summed E-state index contributed by atoms with van der Waals surface area (Å²) in [6, 6.07) is 8.50. The molecule has 1 fully saturated rings. The van der Waals surface area contributed by atoms with Crippen molar-refractivity contribution in [1.29, 1.82) is 0 Å². The van der Waals surface area contributed by atoms with Crippen molar-refractivity contribution < 1.29 is 18.0 Å². The minimum atomic E-state index is -4.18. The monoisotopic (exact) mass is 325 g/mol. The minimum absolute atomic E-state index is 0.0111. The molecule has 3 rings (SSSR count). The van der Waals surface area contributed by atoms with E-state index in [-0.39, 0.29) is 18.8 Å². The van der Waals surface area contributed by atoms with Crippen LogP contribution < -0.4 is 10.6 Å². The quantitative estimate of drug-likeness (QED) is 0.907. The second-order valence-corrected chi connectivity index (χ2v) is 5.33. The average molecular weight is 325 g/mol. The summed E-state index contributed by atoms with van der Waals surface area (Å²) >= 11 is 0. The summed E-state index contributed by atoms with van der Waals surface area (Å²) in [6.07, 6.45) is -2.75. The lowest BCUT2D eigenvalue weighted by Crippen LogP contribution is -2.31. The molecule has 1 aliphatic rings. The fourth-order valence-electron chi connectivity index (χ4n) is 2.26. The molecular formula is C14H14F3N5O. The third kappa shape index (κ3) is 3.79. The molecule has 1 aliphatic carbocycles. The fourth-order valence-corrected chi connectivity index (χ4v) is 2.26. The van der Waals surface area contributed by atoms with Gasteiger partial charge in [0, 0.05) is 6.54 Å². The van der Waals surface area contributed by atoms with Gasteiger partial charge in [-0.15, -0.1) is 9.90 Å². The van der Waals surface area contributed by atoms with E-state index in [9.17, 15) is 18.0 Å². The van der Waals surface area contributed by atoms with Gasteiger partial charge in [0.15, 0.2) is 5.82 Å². The number of para-hydroxylation sites is 1. The molecule has 0 aliphatic heterocycles. The summed E-state index contributed by atoms with van der Waals surface area (Å²) in [5, 5.41) is 12.9. The molecule has 0 bridgehead atoms. The third-order valence-electron chi connectivity index (χ3n) is 3.59. The molecule has 0 radical (unpaired) electrons. The highest BCUT2D eigenvalue weighted by atomic mass is 19.4. The number of hydrogen-bond donors (Lipinski definition) is 2. The van der Waals surface area contributed by atoms with Crippen molar-refractivity contribution in [2.75, 3.05) is 11.9 Å². The van der Waals surface area contributed by atoms with E-state index in [2.05, 4.69) is 20.8 Å². The molecule has 1 aromatic heterocycles. The number of rotatable bonds is 4. The maximum absolute atomic E-state index is 12.4. The molecule has 9 heteroatoms. The summed E-state index contributed by atoms with van der Waals surface area (Å²) in [5.74, 6) is -1.63. The number of anilines is 1. The Morgan fingerprint density at radius 3 is 2.70 bits per heavy atom. The van der Waals surface area contributed by atoms with Crippen LogP contribution in [0.2, 0.25) is 0 Å². The van der Waals surface area contributed by atoms with Crippen LogP contribution in [-0.4, -0.2) is 33.7 Å². The first-order valence-electron chi connectivity index (χ1n) is 7.03. The first-order chi connectivity index (χ1) is 10.9. The lowest BCUT2D eigenvalue weighted by molar-refractivity contribution is -0.150. The number of nitrogens with zero attached hydrogens (tertiary/aromatic N) is 3. The van der Waals surface area contributed by atoms with Crippen LogP contribution in [0.1, 0.15) is 6.42 Å². The Hall–Kier alpha value is -2.58. The predicted octanol–water partition coefficient (Wildman–Crippen LogP) is 2.59. The van der Waals surface area contributed by atoms with Gasteiger partial charge < -0.3 is 5.32 Å². The minimum Gasteiger partial charge on any atom is -0.338 e. The van der Waals surface area contributed by atoms with Crippen LogP contribution in [0.5, 0.6) is 0 Å². The molecule has 2 N–H and O–H groups in total. The van der Waals surface area contributed by atoms with Crippen LogP contribution in [0.25, 0.3) is 5.69 Å². The van der Waals surface area contributed by atoms with Gasteiger partial charge in [-0.25, -0.2) is 4.79 Å². The number of carbonyl (C=O) groups is 1. The number of nitrogens with one attached hydrogen (secondary N) is 2. The predicted molar refractivity (Wildman–Crippen MR) is 76.0 cm³/mol. The van der Waals surface area contributed by atoms with Gasteiger partial charge in [-0.2, -0.15) is 18.3 Å². The largest absolute Gasteiger partial charge is 0.392 e. The SMILES string of the molecule is O=C(NC[C@@H]1C[C@H]1C(F)(F)F)Nc1cnn(-c2ccccc2)n1. The molecule has 1 aromatic carbocycles. The van der Waals surface area contributed by atoms with Crippen LogP contribution in [0.4, 0.5) is 23.8 Å². The molecule has 6 nitrogen and oxygen atoms in total. The van der Waals surface area contributed by atoms with Gasteiger partial charge in [-0.05, 0) is 24.5 Å². The highest BCUT2D eigenvalue weighted by Gasteiger charge is 2.55. The Morgan fingerprint density at radius 2 is 2.04 bits per heavy atom. The summed E-state index contributed by atoms with van der Waals surface area (Å²) in [7, 11) is 0. The molecule has 2 aromatic rings. The molecule has 0 saturated heterocycles. The molecule has 1 saturated carbocycles. The van der Waals surface area contributed by atoms with Crippen molar-refractivity contribution in [3.8, 4) is 5.69 Å². The van der Waals surface area contributed by atoms with Crippen molar-refractivity contribution in [3.05, 3.63) is 36.5 Å². The number of halogens is 3. The van der Waals surface area contributed by atoms with E-state index in [4.69, 9.17) is 0 Å². The number of urea groups is 1. The second-order valence-electron chi connectivity index (χ2n) is 5.33. The lowest BCUT2D eigenvalue weighted by Gasteiger charge is -2.07. The smallest absolute Gasteiger partial charge is 0.338 e. The summed E-state index contributed by atoms with van der Waals surface area (Å²) in [5.41, 5.74) is 0.729. The maximum atomic E-state index is 12.4. The molecule has 1 heterocycles. The first kappa shape index (κ1) is 15.3. The van der Waals surface area contributed by atoms with Crippen LogP contribution in [-0.2, 0) is 0 Å². The van der Waals surface area contributed by atoms with Gasteiger partial charge in [0.2, 0.25) is 0 Å².